The van der Waals surface area contributed by atoms with Crippen molar-refractivity contribution in [3.05, 3.63) is 75.9 Å². The lowest BCUT2D eigenvalue weighted by Crippen LogP contribution is -2.49. The number of amides is 1. The molecule has 0 bridgehead atoms. The van der Waals surface area contributed by atoms with Gasteiger partial charge in [0.05, 0.1) is 23.4 Å². The summed E-state index contributed by atoms with van der Waals surface area (Å²) in [5.74, 6) is 0.961. The van der Waals surface area contributed by atoms with Gasteiger partial charge in [0, 0.05) is 48.0 Å². The highest BCUT2D eigenvalue weighted by Gasteiger charge is 2.31. The molecule has 1 aliphatic heterocycles. The number of ether oxygens (including phenoxy) is 1. The van der Waals surface area contributed by atoms with E-state index in [1.54, 1.807) is 26.2 Å². The fourth-order valence-corrected chi connectivity index (χ4v) is 5.01. The number of benzene rings is 3. The molecule has 2 heterocycles. The van der Waals surface area contributed by atoms with Crippen LogP contribution < -0.4 is 9.64 Å². The van der Waals surface area contributed by atoms with Crippen LogP contribution in [0.25, 0.3) is 22.0 Å². The Morgan fingerprint density at radius 1 is 1.08 bits per heavy atom. The zero-order valence-corrected chi connectivity index (χ0v) is 21.1. The van der Waals surface area contributed by atoms with Gasteiger partial charge < -0.3 is 19.1 Å². The molecule has 8 nitrogen and oxygen atoms in total. The van der Waals surface area contributed by atoms with Gasteiger partial charge >= 0.3 is 0 Å². The number of nitroso groups, excluding NO2 is 1. The molecule has 0 atom stereocenters. The first-order valence-corrected chi connectivity index (χ1v) is 12.0. The number of aromatic nitrogens is 1. The molecule has 1 aliphatic rings. The third-order valence-corrected chi connectivity index (χ3v) is 6.93. The van der Waals surface area contributed by atoms with Gasteiger partial charge in [0.1, 0.15) is 22.8 Å². The molecule has 0 spiro atoms. The van der Waals surface area contributed by atoms with Crippen LogP contribution in [-0.4, -0.2) is 61.1 Å². The molecular formula is C27H26ClN4O4+. The summed E-state index contributed by atoms with van der Waals surface area (Å²) < 4.78 is 12.0. The predicted octanol–water partition coefficient (Wildman–Crippen LogP) is 5.47. The Hall–Kier alpha value is -3.91. The normalized spacial score (nSPS) is 13.8. The number of nitrogens with zero attached hydrogens (tertiary/aromatic N) is 4. The Labute approximate surface area is 213 Å². The van der Waals surface area contributed by atoms with E-state index in [-0.39, 0.29) is 5.91 Å². The molecule has 184 valence electrons. The number of rotatable bonds is 5. The van der Waals surface area contributed by atoms with Gasteiger partial charge in [-0.15, -0.1) is 0 Å². The number of carbonyl (C=O) groups excluding carboxylic acids is 1. The highest BCUT2D eigenvalue weighted by Crippen LogP contribution is 2.39. The van der Waals surface area contributed by atoms with Crippen molar-refractivity contribution in [1.29, 1.82) is 0 Å². The van der Waals surface area contributed by atoms with Crippen LogP contribution in [-0.2, 0) is 0 Å². The highest BCUT2D eigenvalue weighted by molar-refractivity contribution is 6.33. The van der Waals surface area contributed by atoms with Crippen molar-refractivity contribution in [1.82, 2.24) is 10.1 Å². The van der Waals surface area contributed by atoms with Crippen molar-refractivity contribution in [2.75, 3.05) is 45.2 Å². The van der Waals surface area contributed by atoms with Crippen molar-refractivity contribution in [3.8, 4) is 17.0 Å². The van der Waals surface area contributed by atoms with Crippen LogP contribution in [0.1, 0.15) is 16.1 Å². The summed E-state index contributed by atoms with van der Waals surface area (Å²) in [6.45, 7) is 3.99. The second kappa shape index (κ2) is 9.62. The van der Waals surface area contributed by atoms with Gasteiger partial charge in [-0.2, -0.15) is 0 Å². The van der Waals surface area contributed by atoms with E-state index in [1.165, 1.54) is 7.05 Å². The quantitative estimate of drug-likeness (QED) is 0.335. The molecule has 1 aromatic heterocycles. The van der Waals surface area contributed by atoms with Crippen molar-refractivity contribution in [3.63, 3.8) is 0 Å². The highest BCUT2D eigenvalue weighted by atomic mass is 35.5. The fraction of sp³-hybridized carbons (Fsp3) is 0.259. The number of aryl methyl sites for hydroxylation is 1. The Bertz CT molecular complexity index is 1470. The number of piperazine rings is 1. The number of methoxy groups -OCH3 is 1. The summed E-state index contributed by atoms with van der Waals surface area (Å²) >= 11 is 6.45. The fourth-order valence-electron chi connectivity index (χ4n) is 4.72. The first kappa shape index (κ1) is 23.8. The van der Waals surface area contributed by atoms with E-state index < -0.39 is 0 Å². The lowest BCUT2D eigenvalue weighted by Gasteiger charge is -2.36. The van der Waals surface area contributed by atoms with Crippen molar-refractivity contribution < 1.29 is 18.8 Å². The number of anilines is 1. The minimum atomic E-state index is -0.132. The third-order valence-electron chi connectivity index (χ3n) is 6.63. The average molecular weight is 506 g/mol. The third kappa shape index (κ3) is 4.18. The molecule has 0 aliphatic carbocycles. The molecule has 4 aromatic rings. The van der Waals surface area contributed by atoms with E-state index in [4.69, 9.17) is 20.9 Å². The zero-order chi connectivity index (χ0) is 25.4. The van der Waals surface area contributed by atoms with Crippen molar-refractivity contribution in [2.45, 2.75) is 6.92 Å². The van der Waals surface area contributed by atoms with Crippen LogP contribution in [0.15, 0.2) is 59.1 Å². The van der Waals surface area contributed by atoms with E-state index in [9.17, 15) is 9.70 Å². The molecule has 0 saturated carbocycles. The van der Waals surface area contributed by atoms with Gasteiger partial charge in [-0.25, -0.2) is 0 Å². The van der Waals surface area contributed by atoms with E-state index in [2.05, 4.69) is 10.1 Å². The summed E-state index contributed by atoms with van der Waals surface area (Å²) in [5.41, 5.74) is 3.01. The number of fused-ring (bicyclic) bond motifs is 1. The molecule has 1 fully saturated rings. The average Bonchev–Trinajstić information content (AvgIpc) is 3.28. The Morgan fingerprint density at radius 3 is 2.53 bits per heavy atom. The summed E-state index contributed by atoms with van der Waals surface area (Å²) in [6, 6.07) is 17.0. The molecule has 0 N–H and O–H groups in total. The maximum absolute atomic E-state index is 13.7. The van der Waals surface area contributed by atoms with Crippen LogP contribution in [0.3, 0.4) is 0 Å². The number of halogens is 1. The van der Waals surface area contributed by atoms with Crippen molar-refractivity contribution >= 4 is 39.7 Å². The Morgan fingerprint density at radius 2 is 1.83 bits per heavy atom. The lowest BCUT2D eigenvalue weighted by molar-refractivity contribution is -0.428. The van der Waals surface area contributed by atoms with Gasteiger partial charge in [0.2, 0.25) is 0 Å². The van der Waals surface area contributed by atoms with Crippen LogP contribution >= 0.6 is 11.6 Å². The van der Waals surface area contributed by atoms with Gasteiger partial charge in [0.25, 0.3) is 11.6 Å². The summed E-state index contributed by atoms with van der Waals surface area (Å²) in [5, 5.41) is 6.76. The van der Waals surface area contributed by atoms with E-state index in [0.29, 0.717) is 59.7 Å². The van der Waals surface area contributed by atoms with Crippen LogP contribution in [0, 0.1) is 11.8 Å². The molecule has 9 heteroatoms. The molecule has 3 aromatic carbocycles. The topological polar surface area (TPSA) is 78.9 Å². The Kier molecular flexibility index (Phi) is 6.36. The number of hydrogen-bond donors (Lipinski definition) is 0. The largest absolute Gasteiger partial charge is 0.496 e. The van der Waals surface area contributed by atoms with Crippen LogP contribution in [0.5, 0.6) is 5.75 Å². The Balaban J connectivity index is 1.42. The minimum Gasteiger partial charge on any atom is -0.496 e. The molecule has 0 unspecified atom stereocenters. The molecular weight excluding hydrogens is 480 g/mol. The monoisotopic (exact) mass is 505 g/mol. The first-order chi connectivity index (χ1) is 17.4. The van der Waals surface area contributed by atoms with Crippen molar-refractivity contribution in [2.24, 2.45) is 0 Å². The first-order valence-electron chi connectivity index (χ1n) is 11.7. The van der Waals surface area contributed by atoms with Gasteiger partial charge in [-0.3, -0.25) is 4.79 Å². The van der Waals surface area contributed by atoms with Crippen LogP contribution in [0.4, 0.5) is 11.4 Å². The van der Waals surface area contributed by atoms with E-state index in [0.717, 1.165) is 26.8 Å². The predicted molar refractivity (Wildman–Crippen MR) is 140 cm³/mol. The minimum absolute atomic E-state index is 0.132. The maximum atomic E-state index is 13.7. The van der Waals surface area contributed by atoms with Crippen LogP contribution in [0.2, 0.25) is 5.02 Å². The summed E-state index contributed by atoms with van der Waals surface area (Å²) in [7, 11) is 3.04. The van der Waals surface area contributed by atoms with E-state index in [1.807, 2.05) is 47.4 Å². The maximum Gasteiger partial charge on any atom is 0.259 e. The zero-order valence-electron chi connectivity index (χ0n) is 20.3. The summed E-state index contributed by atoms with van der Waals surface area (Å²) in [4.78, 5) is 29.2. The van der Waals surface area contributed by atoms with Gasteiger partial charge in [-0.1, -0.05) is 47.1 Å². The standard InChI is InChI=1S/C27H26ClN4O4/c1-17-24(26(29-36-17)25-20-7-5-4-6-18(20)8-11-23(25)35-3)27(33)32-14-12-31(13-15-32)22-10-9-19(30(2)34)16-21(22)28/h4-11,16H,12-15H2,1-3H3/q+1. The lowest BCUT2D eigenvalue weighted by atomic mass is 9.97. The van der Waals surface area contributed by atoms with Gasteiger partial charge in [-0.05, 0) is 29.8 Å². The second-order valence-corrected chi connectivity index (χ2v) is 9.15. The smallest absolute Gasteiger partial charge is 0.259 e. The molecule has 1 saturated heterocycles. The number of carbonyl (C=O) groups is 1. The molecule has 36 heavy (non-hydrogen) atoms. The SMILES string of the molecule is COc1ccc2ccccc2c1-c1noc(C)c1C(=O)N1CCN(c2ccc([N+](C)=O)cc2Cl)CC1. The second-order valence-electron chi connectivity index (χ2n) is 8.74. The van der Waals surface area contributed by atoms with E-state index >= 15 is 0 Å². The summed E-state index contributed by atoms with van der Waals surface area (Å²) in [6.07, 6.45) is 0. The number of hydrogen-bond acceptors (Lipinski definition) is 6. The molecule has 5 rings (SSSR count). The van der Waals surface area contributed by atoms with Gasteiger partial charge in [0.15, 0.2) is 7.05 Å². The molecule has 0 radical (unpaired) electrons. The molecule has 1 amide bonds.